The molecule has 236 valence electrons. The summed E-state index contributed by atoms with van der Waals surface area (Å²) in [5, 5.41) is 2.50. The minimum absolute atomic E-state index is 1.10. The number of nitrogens with zero attached hydrogens (tertiary/aromatic N) is 2. The molecular weight excluding hydrogens is 605 g/mol. The monoisotopic (exact) mass is 638 g/mol. The van der Waals surface area contributed by atoms with E-state index in [0.717, 1.165) is 22.7 Å². The zero-order valence-electron chi connectivity index (χ0n) is 27.5. The van der Waals surface area contributed by atoms with Crippen molar-refractivity contribution in [2.24, 2.45) is 0 Å². The van der Waals surface area contributed by atoms with Gasteiger partial charge in [0, 0.05) is 33.5 Å². The zero-order chi connectivity index (χ0) is 33.3. The van der Waals surface area contributed by atoms with Gasteiger partial charge >= 0.3 is 0 Å². The quantitative estimate of drug-likeness (QED) is 0.169. The number of fused-ring (bicyclic) bond motifs is 3. The molecule has 0 aliphatic carbocycles. The predicted octanol–water partition coefficient (Wildman–Crippen LogP) is 13.3. The van der Waals surface area contributed by atoms with Gasteiger partial charge in [-0.2, -0.15) is 0 Å². The Hall–Kier alpha value is -6.64. The Labute approximate surface area is 292 Å². The minimum atomic E-state index is 1.10. The predicted molar refractivity (Wildman–Crippen MR) is 212 cm³/mol. The van der Waals surface area contributed by atoms with Crippen LogP contribution in [0.15, 0.2) is 206 Å². The fourth-order valence-corrected chi connectivity index (χ4v) is 7.29. The van der Waals surface area contributed by atoms with Crippen LogP contribution in [0.2, 0.25) is 0 Å². The van der Waals surface area contributed by atoms with Crippen LogP contribution in [0.3, 0.4) is 0 Å². The Balaban J connectivity index is 1.24. The summed E-state index contributed by atoms with van der Waals surface area (Å²) in [4.78, 5) is 2.38. The number of para-hydroxylation sites is 2. The summed E-state index contributed by atoms with van der Waals surface area (Å²) in [7, 11) is 0. The van der Waals surface area contributed by atoms with Gasteiger partial charge in [0.15, 0.2) is 0 Å². The van der Waals surface area contributed by atoms with Crippen molar-refractivity contribution in [1.29, 1.82) is 0 Å². The average Bonchev–Trinajstić information content (AvgIpc) is 3.54. The highest BCUT2D eigenvalue weighted by Crippen LogP contribution is 2.42. The lowest BCUT2D eigenvalue weighted by molar-refractivity contribution is 1.18. The maximum absolute atomic E-state index is 2.38. The fraction of sp³-hybridized carbons (Fsp3) is 0. The molecule has 0 saturated carbocycles. The van der Waals surface area contributed by atoms with E-state index in [2.05, 4.69) is 216 Å². The molecule has 2 heteroatoms. The van der Waals surface area contributed by atoms with E-state index >= 15 is 0 Å². The Kier molecular flexibility index (Phi) is 7.53. The van der Waals surface area contributed by atoms with Crippen molar-refractivity contribution in [3.63, 3.8) is 0 Å². The molecule has 0 aliphatic rings. The van der Waals surface area contributed by atoms with E-state index in [1.807, 2.05) is 0 Å². The summed E-state index contributed by atoms with van der Waals surface area (Å²) in [6, 6.07) is 74.0. The molecule has 9 rings (SSSR count). The van der Waals surface area contributed by atoms with E-state index in [1.54, 1.807) is 0 Å². The molecule has 1 aromatic heterocycles. The number of anilines is 3. The van der Waals surface area contributed by atoms with Gasteiger partial charge in [-0.25, -0.2) is 0 Å². The second-order valence-corrected chi connectivity index (χ2v) is 12.6. The molecule has 0 fully saturated rings. The van der Waals surface area contributed by atoms with Crippen molar-refractivity contribution in [2.75, 3.05) is 4.90 Å². The van der Waals surface area contributed by atoms with E-state index in [9.17, 15) is 0 Å². The van der Waals surface area contributed by atoms with Gasteiger partial charge in [0.05, 0.1) is 11.0 Å². The van der Waals surface area contributed by atoms with Crippen molar-refractivity contribution in [1.82, 2.24) is 4.57 Å². The van der Waals surface area contributed by atoms with Crippen LogP contribution in [0.25, 0.3) is 60.9 Å². The van der Waals surface area contributed by atoms with Crippen LogP contribution in [0.5, 0.6) is 0 Å². The van der Waals surface area contributed by atoms with Crippen molar-refractivity contribution >= 4 is 38.9 Å². The van der Waals surface area contributed by atoms with Crippen LogP contribution in [-0.4, -0.2) is 4.57 Å². The van der Waals surface area contributed by atoms with Crippen molar-refractivity contribution in [3.8, 4) is 39.1 Å². The van der Waals surface area contributed by atoms with Crippen molar-refractivity contribution in [3.05, 3.63) is 206 Å². The lowest BCUT2D eigenvalue weighted by atomic mass is 9.98. The third-order valence-corrected chi connectivity index (χ3v) is 9.55. The molecule has 0 spiro atoms. The topological polar surface area (TPSA) is 8.17 Å². The molecule has 0 unspecified atom stereocenters. The lowest BCUT2D eigenvalue weighted by Gasteiger charge is -2.27. The summed E-state index contributed by atoms with van der Waals surface area (Å²) in [6.45, 7) is 0. The van der Waals surface area contributed by atoms with Crippen LogP contribution in [-0.2, 0) is 0 Å². The zero-order valence-corrected chi connectivity index (χ0v) is 27.5. The van der Waals surface area contributed by atoms with Crippen molar-refractivity contribution < 1.29 is 0 Å². The van der Waals surface area contributed by atoms with Gasteiger partial charge in [0.1, 0.15) is 0 Å². The minimum Gasteiger partial charge on any atom is -0.310 e. The highest BCUT2D eigenvalue weighted by molar-refractivity contribution is 6.15. The third kappa shape index (κ3) is 5.34. The first-order valence-electron chi connectivity index (χ1n) is 17.1. The molecule has 0 radical (unpaired) electrons. The molecule has 9 aromatic rings. The molecule has 8 aromatic carbocycles. The molecule has 0 atom stereocenters. The van der Waals surface area contributed by atoms with Gasteiger partial charge in [0.25, 0.3) is 0 Å². The van der Waals surface area contributed by atoms with E-state index in [4.69, 9.17) is 0 Å². The van der Waals surface area contributed by atoms with Gasteiger partial charge < -0.3 is 9.47 Å². The van der Waals surface area contributed by atoms with Gasteiger partial charge in [-0.1, -0.05) is 146 Å². The average molecular weight is 639 g/mol. The highest BCUT2D eigenvalue weighted by Gasteiger charge is 2.19. The first-order valence-corrected chi connectivity index (χ1v) is 17.1. The highest BCUT2D eigenvalue weighted by atomic mass is 15.1. The van der Waals surface area contributed by atoms with Crippen molar-refractivity contribution in [2.45, 2.75) is 0 Å². The normalized spacial score (nSPS) is 11.2. The van der Waals surface area contributed by atoms with E-state index in [0.29, 0.717) is 0 Å². The summed E-state index contributed by atoms with van der Waals surface area (Å²) in [5.41, 5.74) is 14.0. The molecular formula is C48H34N2. The van der Waals surface area contributed by atoms with Crippen LogP contribution < -0.4 is 4.90 Å². The Morgan fingerprint density at radius 1 is 0.320 bits per heavy atom. The van der Waals surface area contributed by atoms with E-state index in [-0.39, 0.29) is 0 Å². The van der Waals surface area contributed by atoms with Crippen LogP contribution in [0.1, 0.15) is 0 Å². The smallest absolute Gasteiger partial charge is 0.0547 e. The Morgan fingerprint density at radius 2 is 0.760 bits per heavy atom. The molecule has 0 aliphatic heterocycles. The standard InChI is InChI=1S/C48H34N2/c1-4-16-35(17-5-1)37-20-12-25-41(32-37)49(42-26-13-21-38(33-42)36-18-6-2-7-19-36)43-27-14-22-39(34-43)44-29-15-31-47-48(44)45-28-10-11-30-46(45)50(47)40-23-8-3-9-24-40/h1-34H. The maximum atomic E-state index is 2.38. The molecule has 50 heavy (non-hydrogen) atoms. The largest absolute Gasteiger partial charge is 0.310 e. The summed E-state index contributed by atoms with van der Waals surface area (Å²) < 4.78 is 2.38. The van der Waals surface area contributed by atoms with Gasteiger partial charge in [-0.05, 0) is 94.0 Å². The summed E-state index contributed by atoms with van der Waals surface area (Å²) >= 11 is 0. The molecule has 0 amide bonds. The summed E-state index contributed by atoms with van der Waals surface area (Å²) in [5.74, 6) is 0. The van der Waals surface area contributed by atoms with E-state index < -0.39 is 0 Å². The second kappa shape index (κ2) is 12.8. The van der Waals surface area contributed by atoms with E-state index in [1.165, 1.54) is 55.2 Å². The second-order valence-electron chi connectivity index (χ2n) is 12.6. The Bertz CT molecular complexity index is 2500. The van der Waals surface area contributed by atoms with Gasteiger partial charge in [-0.15, -0.1) is 0 Å². The number of benzene rings is 8. The molecule has 1 heterocycles. The third-order valence-electron chi connectivity index (χ3n) is 9.55. The Morgan fingerprint density at radius 3 is 1.36 bits per heavy atom. The first-order chi connectivity index (χ1) is 24.8. The fourth-order valence-electron chi connectivity index (χ4n) is 7.29. The molecule has 2 nitrogen and oxygen atoms in total. The number of hydrogen-bond acceptors (Lipinski definition) is 1. The SMILES string of the molecule is c1ccc(-c2cccc(N(c3cccc(-c4ccccc4)c3)c3cccc(-c4cccc5c4c4ccccc4n5-c4ccccc4)c3)c2)cc1. The van der Waals surface area contributed by atoms with Gasteiger partial charge in [0.2, 0.25) is 0 Å². The lowest BCUT2D eigenvalue weighted by Crippen LogP contribution is -2.10. The molecule has 0 saturated heterocycles. The van der Waals surface area contributed by atoms with Gasteiger partial charge in [-0.3, -0.25) is 0 Å². The number of aromatic nitrogens is 1. The maximum Gasteiger partial charge on any atom is 0.0547 e. The van der Waals surface area contributed by atoms with Crippen LogP contribution >= 0.6 is 0 Å². The van der Waals surface area contributed by atoms with Crippen LogP contribution in [0, 0.1) is 0 Å². The number of hydrogen-bond donors (Lipinski definition) is 0. The molecule has 0 N–H and O–H groups in total. The number of rotatable bonds is 7. The van der Waals surface area contributed by atoms with Crippen LogP contribution in [0.4, 0.5) is 17.1 Å². The summed E-state index contributed by atoms with van der Waals surface area (Å²) in [6.07, 6.45) is 0. The first kappa shape index (κ1) is 29.5. The molecule has 0 bridgehead atoms.